The molecule has 1 saturated heterocycles. The molecule has 3 heterocycles. The van der Waals surface area contributed by atoms with E-state index in [9.17, 15) is 0 Å². The number of aromatic nitrogens is 3. The van der Waals surface area contributed by atoms with Crippen molar-refractivity contribution in [1.82, 2.24) is 19.9 Å². The molecule has 2 N–H and O–H groups in total. The van der Waals surface area contributed by atoms with Crippen molar-refractivity contribution in [3.8, 4) is 0 Å². The molecule has 0 unspecified atom stereocenters. The van der Waals surface area contributed by atoms with Crippen LogP contribution in [0.15, 0.2) is 12.3 Å². The molecule has 5 nitrogen and oxygen atoms in total. The molecule has 118 valence electrons. The Hall–Kier alpha value is -1.33. The van der Waals surface area contributed by atoms with Crippen LogP contribution < -0.4 is 10.6 Å². The second-order valence-corrected chi connectivity index (χ2v) is 6.84. The molecule has 0 radical (unpaired) electrons. The summed E-state index contributed by atoms with van der Waals surface area (Å²) in [7, 11) is 0. The van der Waals surface area contributed by atoms with Crippen molar-refractivity contribution in [1.29, 1.82) is 0 Å². The van der Waals surface area contributed by atoms with Gasteiger partial charge in [0, 0.05) is 23.1 Å². The van der Waals surface area contributed by atoms with E-state index in [2.05, 4.69) is 15.7 Å². The summed E-state index contributed by atoms with van der Waals surface area (Å²) in [5.41, 5.74) is 4.22. The molecular weight excluding hydrogens is 298 g/mol. The Balaban J connectivity index is 0.00000125. The van der Waals surface area contributed by atoms with Gasteiger partial charge in [-0.15, -0.1) is 12.4 Å². The largest absolute Gasteiger partial charge is 0.367 e. The van der Waals surface area contributed by atoms with Gasteiger partial charge in [-0.3, -0.25) is 0 Å². The lowest BCUT2D eigenvalue weighted by Crippen LogP contribution is -2.36. The standard InChI is InChI=1S/C16H21N5.ClH/c1-5-16(6-7-16)14-12(1)15(19-11-2-8-17-9-3-11)21-13(20-14)4-10-18-21;/h4,10-11,17,19H,1-3,5-9H2;1H. The summed E-state index contributed by atoms with van der Waals surface area (Å²) in [5.74, 6) is 1.22. The van der Waals surface area contributed by atoms with Gasteiger partial charge >= 0.3 is 0 Å². The Morgan fingerprint density at radius 3 is 2.82 bits per heavy atom. The molecular formula is C16H22ClN5. The summed E-state index contributed by atoms with van der Waals surface area (Å²) in [6.45, 7) is 2.22. The van der Waals surface area contributed by atoms with E-state index in [0.717, 1.165) is 25.2 Å². The molecule has 22 heavy (non-hydrogen) atoms. The smallest absolute Gasteiger partial charge is 0.157 e. The zero-order chi connectivity index (χ0) is 13.9. The minimum atomic E-state index is 0. The summed E-state index contributed by atoms with van der Waals surface area (Å²) < 4.78 is 2.02. The molecule has 3 aliphatic rings. The highest BCUT2D eigenvalue weighted by molar-refractivity contribution is 5.85. The number of nitrogens with zero attached hydrogens (tertiary/aromatic N) is 3. The zero-order valence-electron chi connectivity index (χ0n) is 12.6. The number of halogens is 1. The zero-order valence-corrected chi connectivity index (χ0v) is 13.5. The number of nitrogens with one attached hydrogen (secondary N) is 2. The number of fused-ring (bicyclic) bond motifs is 3. The van der Waals surface area contributed by atoms with E-state index >= 15 is 0 Å². The van der Waals surface area contributed by atoms with Crippen molar-refractivity contribution in [2.24, 2.45) is 0 Å². The van der Waals surface area contributed by atoms with Gasteiger partial charge in [-0.25, -0.2) is 4.98 Å². The van der Waals surface area contributed by atoms with Gasteiger partial charge in [0.1, 0.15) is 5.82 Å². The lowest BCUT2D eigenvalue weighted by atomic mass is 10.0. The summed E-state index contributed by atoms with van der Waals surface area (Å²) in [6, 6.07) is 2.59. The first-order valence-corrected chi connectivity index (χ1v) is 8.20. The van der Waals surface area contributed by atoms with Crippen LogP contribution in [0.2, 0.25) is 0 Å². The van der Waals surface area contributed by atoms with Gasteiger partial charge in [-0.2, -0.15) is 9.61 Å². The fourth-order valence-corrected chi connectivity index (χ4v) is 4.08. The summed E-state index contributed by atoms with van der Waals surface area (Å²) in [5, 5.41) is 11.7. The van der Waals surface area contributed by atoms with Gasteiger partial charge in [0.15, 0.2) is 5.65 Å². The van der Waals surface area contributed by atoms with Gasteiger partial charge in [-0.05, 0) is 51.6 Å². The quantitative estimate of drug-likeness (QED) is 0.892. The maximum atomic E-state index is 4.93. The molecule has 0 bridgehead atoms. The maximum Gasteiger partial charge on any atom is 0.157 e. The van der Waals surface area contributed by atoms with Crippen LogP contribution in [-0.2, 0) is 11.8 Å². The van der Waals surface area contributed by atoms with Crippen LogP contribution in [0.1, 0.15) is 43.4 Å². The van der Waals surface area contributed by atoms with Gasteiger partial charge < -0.3 is 10.6 Å². The monoisotopic (exact) mass is 319 g/mol. The minimum Gasteiger partial charge on any atom is -0.367 e. The van der Waals surface area contributed by atoms with Crippen LogP contribution in [-0.4, -0.2) is 33.7 Å². The van der Waals surface area contributed by atoms with Crippen LogP contribution in [0.25, 0.3) is 5.65 Å². The second-order valence-electron chi connectivity index (χ2n) is 6.84. The first kappa shape index (κ1) is 14.3. The van der Waals surface area contributed by atoms with Crippen molar-refractivity contribution < 1.29 is 0 Å². The number of piperidine rings is 1. The Morgan fingerprint density at radius 1 is 1.23 bits per heavy atom. The first-order valence-electron chi connectivity index (χ1n) is 8.20. The lowest BCUT2D eigenvalue weighted by molar-refractivity contribution is 0.477. The number of hydrogen-bond acceptors (Lipinski definition) is 4. The Bertz CT molecular complexity index is 700. The SMILES string of the molecule is Cl.c1cc2nc3c(c(NC4CCNCC4)n2n1)CCC31CC1. The molecule has 1 saturated carbocycles. The average molecular weight is 320 g/mol. The maximum absolute atomic E-state index is 4.93. The third-order valence-corrected chi connectivity index (χ3v) is 5.52. The van der Waals surface area contributed by atoms with E-state index < -0.39 is 0 Å². The number of anilines is 1. The average Bonchev–Trinajstić information content (AvgIpc) is 2.99. The van der Waals surface area contributed by atoms with E-state index in [1.54, 1.807) is 0 Å². The lowest BCUT2D eigenvalue weighted by Gasteiger charge is -2.26. The predicted octanol–water partition coefficient (Wildman–Crippen LogP) is 2.29. The van der Waals surface area contributed by atoms with Crippen LogP contribution in [0.3, 0.4) is 0 Å². The highest BCUT2D eigenvalue weighted by Gasteiger charge is 2.51. The topological polar surface area (TPSA) is 54.2 Å². The molecule has 0 amide bonds. The van der Waals surface area contributed by atoms with E-state index in [-0.39, 0.29) is 12.4 Å². The van der Waals surface area contributed by atoms with Crippen LogP contribution in [0.4, 0.5) is 5.82 Å². The van der Waals surface area contributed by atoms with Crippen LogP contribution in [0.5, 0.6) is 0 Å². The second kappa shape index (κ2) is 5.10. The molecule has 1 spiro atoms. The fraction of sp³-hybridized carbons (Fsp3) is 0.625. The summed E-state index contributed by atoms with van der Waals surface area (Å²) in [6.07, 6.45) is 9.32. The van der Waals surface area contributed by atoms with Crippen molar-refractivity contribution in [3.63, 3.8) is 0 Å². The molecule has 2 aromatic heterocycles. The molecule has 0 aromatic carbocycles. The van der Waals surface area contributed by atoms with E-state index in [1.165, 1.54) is 49.2 Å². The van der Waals surface area contributed by atoms with Crippen molar-refractivity contribution in [2.75, 3.05) is 18.4 Å². The Kier molecular flexibility index (Phi) is 3.31. The van der Waals surface area contributed by atoms with Gasteiger partial charge in [-0.1, -0.05) is 0 Å². The molecule has 0 atom stereocenters. The van der Waals surface area contributed by atoms with E-state index in [0.29, 0.717) is 11.5 Å². The Morgan fingerprint density at radius 2 is 2.05 bits per heavy atom. The minimum absolute atomic E-state index is 0. The van der Waals surface area contributed by atoms with Crippen molar-refractivity contribution in [2.45, 2.75) is 50.0 Å². The molecule has 5 rings (SSSR count). The molecule has 2 aromatic rings. The van der Waals surface area contributed by atoms with E-state index in [1.807, 2.05) is 16.8 Å². The normalized spacial score (nSPS) is 22.5. The van der Waals surface area contributed by atoms with Crippen LogP contribution >= 0.6 is 12.4 Å². The molecule has 1 aliphatic heterocycles. The number of hydrogen-bond donors (Lipinski definition) is 2. The predicted molar refractivity (Wildman–Crippen MR) is 89.0 cm³/mol. The highest BCUT2D eigenvalue weighted by atomic mass is 35.5. The first-order chi connectivity index (χ1) is 10.4. The summed E-state index contributed by atoms with van der Waals surface area (Å²) in [4.78, 5) is 4.93. The molecule has 2 aliphatic carbocycles. The molecule has 2 fully saturated rings. The van der Waals surface area contributed by atoms with Crippen molar-refractivity contribution >= 4 is 23.9 Å². The Labute approximate surface area is 136 Å². The van der Waals surface area contributed by atoms with Gasteiger partial charge in [0.2, 0.25) is 0 Å². The molecule has 6 heteroatoms. The third kappa shape index (κ3) is 2.02. The van der Waals surface area contributed by atoms with Gasteiger partial charge in [0.25, 0.3) is 0 Å². The van der Waals surface area contributed by atoms with Crippen LogP contribution in [0, 0.1) is 0 Å². The highest BCUT2D eigenvalue weighted by Crippen LogP contribution is 2.57. The van der Waals surface area contributed by atoms with Crippen molar-refractivity contribution in [3.05, 3.63) is 23.5 Å². The number of rotatable bonds is 2. The summed E-state index contributed by atoms with van der Waals surface area (Å²) >= 11 is 0. The van der Waals surface area contributed by atoms with E-state index in [4.69, 9.17) is 4.98 Å². The third-order valence-electron chi connectivity index (χ3n) is 5.52. The van der Waals surface area contributed by atoms with Gasteiger partial charge in [0.05, 0.1) is 11.9 Å². The fourth-order valence-electron chi connectivity index (χ4n) is 4.08.